The number of hydrogen-bond acceptors (Lipinski definition) is 4. The molecule has 1 aromatic rings. The number of phenolic OH excluding ortho intramolecular Hbond substituents is 2. The second kappa shape index (κ2) is 6.48. The van der Waals surface area contributed by atoms with Crippen molar-refractivity contribution < 1.29 is 19.8 Å². The van der Waals surface area contributed by atoms with Gasteiger partial charge in [-0.25, -0.2) is 4.79 Å². The van der Waals surface area contributed by atoms with Crippen LogP contribution >= 0.6 is 0 Å². The molecule has 0 bridgehead atoms. The summed E-state index contributed by atoms with van der Waals surface area (Å²) < 4.78 is 0. The highest BCUT2D eigenvalue weighted by Gasteiger charge is 2.11. The summed E-state index contributed by atoms with van der Waals surface area (Å²) in [5.41, 5.74) is -0.0149. The molecule has 0 aliphatic rings. The monoisotopic (exact) mass is 267 g/mol. The molecule has 7 nitrogen and oxygen atoms in total. The number of rotatable bonds is 4. The highest BCUT2D eigenvalue weighted by molar-refractivity contribution is 5.97. The Morgan fingerprint density at radius 1 is 1.16 bits per heavy atom. The van der Waals surface area contributed by atoms with E-state index in [4.69, 9.17) is 0 Å². The zero-order valence-corrected chi connectivity index (χ0v) is 10.8. The Bertz CT molecular complexity index is 474. The van der Waals surface area contributed by atoms with E-state index in [9.17, 15) is 19.8 Å². The van der Waals surface area contributed by atoms with Gasteiger partial charge in [-0.05, 0) is 18.2 Å². The third-order valence-electron chi connectivity index (χ3n) is 2.32. The number of nitrogens with one attached hydrogen (secondary N) is 2. The predicted molar refractivity (Wildman–Crippen MR) is 69.2 cm³/mol. The SMILES string of the molecule is CN(C)C(=O)NCCNC(=O)c1cc(O)ccc1O. The first-order valence-electron chi connectivity index (χ1n) is 5.67. The summed E-state index contributed by atoms with van der Waals surface area (Å²) in [7, 11) is 3.22. The molecule has 0 saturated heterocycles. The molecule has 0 fully saturated rings. The van der Waals surface area contributed by atoms with Crippen LogP contribution in [0.1, 0.15) is 10.4 Å². The number of hydrogen-bond donors (Lipinski definition) is 4. The predicted octanol–water partition coefficient (Wildman–Crippen LogP) is 0.0988. The smallest absolute Gasteiger partial charge is 0.316 e. The summed E-state index contributed by atoms with van der Waals surface area (Å²) in [5, 5.41) is 23.8. The van der Waals surface area contributed by atoms with Crippen molar-refractivity contribution in [3.05, 3.63) is 23.8 Å². The molecule has 0 atom stereocenters. The second-order valence-corrected chi connectivity index (χ2v) is 4.08. The molecular weight excluding hydrogens is 250 g/mol. The molecule has 0 radical (unpaired) electrons. The average molecular weight is 267 g/mol. The quantitative estimate of drug-likeness (QED) is 0.459. The van der Waals surface area contributed by atoms with Crippen molar-refractivity contribution in [3.8, 4) is 11.5 Å². The molecule has 0 unspecified atom stereocenters. The van der Waals surface area contributed by atoms with E-state index >= 15 is 0 Å². The minimum atomic E-state index is -0.521. The number of aromatic hydroxyl groups is 2. The first-order chi connectivity index (χ1) is 8.91. The van der Waals surface area contributed by atoms with Gasteiger partial charge in [0, 0.05) is 27.2 Å². The number of amides is 3. The highest BCUT2D eigenvalue weighted by Crippen LogP contribution is 2.21. The highest BCUT2D eigenvalue weighted by atomic mass is 16.3. The zero-order chi connectivity index (χ0) is 14.4. The Morgan fingerprint density at radius 2 is 1.79 bits per heavy atom. The van der Waals surface area contributed by atoms with Crippen LogP contribution in [0.15, 0.2) is 18.2 Å². The fourth-order valence-corrected chi connectivity index (χ4v) is 1.30. The Labute approximate surface area is 110 Å². The van der Waals surface area contributed by atoms with Crippen LogP contribution in [-0.4, -0.2) is 54.2 Å². The van der Waals surface area contributed by atoms with Crippen molar-refractivity contribution in [1.29, 1.82) is 0 Å². The van der Waals surface area contributed by atoms with Crippen molar-refractivity contribution in [2.75, 3.05) is 27.2 Å². The van der Waals surface area contributed by atoms with E-state index in [1.165, 1.54) is 23.1 Å². The maximum Gasteiger partial charge on any atom is 0.316 e. The Kier molecular flexibility index (Phi) is 4.99. The van der Waals surface area contributed by atoms with Gasteiger partial charge in [-0.15, -0.1) is 0 Å². The molecule has 0 heterocycles. The van der Waals surface area contributed by atoms with Crippen molar-refractivity contribution in [1.82, 2.24) is 15.5 Å². The molecule has 3 amide bonds. The van der Waals surface area contributed by atoms with E-state index in [1.54, 1.807) is 14.1 Å². The van der Waals surface area contributed by atoms with Gasteiger partial charge in [0.1, 0.15) is 11.5 Å². The van der Waals surface area contributed by atoms with Crippen LogP contribution in [0.25, 0.3) is 0 Å². The fraction of sp³-hybridized carbons (Fsp3) is 0.333. The molecule has 1 rings (SSSR count). The number of carbonyl (C=O) groups excluding carboxylic acids is 2. The number of urea groups is 1. The molecule has 1 aromatic carbocycles. The van der Waals surface area contributed by atoms with Crippen LogP contribution in [-0.2, 0) is 0 Å². The average Bonchev–Trinajstić information content (AvgIpc) is 2.36. The maximum atomic E-state index is 11.7. The van der Waals surface area contributed by atoms with Gasteiger partial charge in [0.15, 0.2) is 0 Å². The molecule has 104 valence electrons. The van der Waals surface area contributed by atoms with Gasteiger partial charge in [-0.2, -0.15) is 0 Å². The van der Waals surface area contributed by atoms with E-state index in [2.05, 4.69) is 10.6 Å². The topological polar surface area (TPSA) is 102 Å². The summed E-state index contributed by atoms with van der Waals surface area (Å²) in [6.45, 7) is 0.482. The molecule has 0 spiro atoms. The molecule has 0 aliphatic carbocycles. The molecular formula is C12H17N3O4. The zero-order valence-electron chi connectivity index (χ0n) is 10.8. The lowest BCUT2D eigenvalue weighted by Crippen LogP contribution is -2.39. The van der Waals surface area contributed by atoms with E-state index in [0.717, 1.165) is 0 Å². The van der Waals surface area contributed by atoms with E-state index in [1.807, 2.05) is 0 Å². The van der Waals surface area contributed by atoms with Crippen LogP contribution < -0.4 is 10.6 Å². The Balaban J connectivity index is 2.44. The van der Waals surface area contributed by atoms with Crippen molar-refractivity contribution in [2.24, 2.45) is 0 Å². The van der Waals surface area contributed by atoms with Crippen LogP contribution in [0, 0.1) is 0 Å². The van der Waals surface area contributed by atoms with Crippen LogP contribution in [0.2, 0.25) is 0 Å². The van der Waals surface area contributed by atoms with Gasteiger partial charge in [0.25, 0.3) is 5.91 Å². The number of benzene rings is 1. The largest absolute Gasteiger partial charge is 0.508 e. The van der Waals surface area contributed by atoms with Gasteiger partial charge < -0.3 is 25.7 Å². The molecule has 0 aliphatic heterocycles. The van der Waals surface area contributed by atoms with Gasteiger partial charge in [0.05, 0.1) is 5.56 Å². The molecule has 0 saturated carbocycles. The lowest BCUT2D eigenvalue weighted by atomic mass is 10.2. The molecule has 4 N–H and O–H groups in total. The number of phenols is 2. The third kappa shape index (κ3) is 4.38. The minimum Gasteiger partial charge on any atom is -0.508 e. The normalized spacial score (nSPS) is 9.79. The summed E-state index contributed by atoms with van der Waals surface area (Å²) in [5.74, 6) is -0.844. The molecule has 7 heteroatoms. The van der Waals surface area contributed by atoms with Crippen molar-refractivity contribution >= 4 is 11.9 Å². The summed E-state index contributed by atoms with van der Waals surface area (Å²) in [4.78, 5) is 24.3. The van der Waals surface area contributed by atoms with Crippen LogP contribution in [0.3, 0.4) is 0 Å². The Hall–Kier alpha value is -2.44. The van der Waals surface area contributed by atoms with Gasteiger partial charge >= 0.3 is 6.03 Å². The summed E-state index contributed by atoms with van der Waals surface area (Å²) >= 11 is 0. The first-order valence-corrected chi connectivity index (χ1v) is 5.67. The molecule has 19 heavy (non-hydrogen) atoms. The third-order valence-corrected chi connectivity index (χ3v) is 2.32. The number of carbonyl (C=O) groups is 2. The van der Waals surface area contributed by atoms with Crippen LogP contribution in [0.4, 0.5) is 4.79 Å². The van der Waals surface area contributed by atoms with Gasteiger partial charge in [0.2, 0.25) is 0 Å². The van der Waals surface area contributed by atoms with Crippen LogP contribution in [0.5, 0.6) is 11.5 Å². The maximum absolute atomic E-state index is 11.7. The first kappa shape index (κ1) is 14.6. The lowest BCUT2D eigenvalue weighted by Gasteiger charge is -2.12. The van der Waals surface area contributed by atoms with E-state index in [0.29, 0.717) is 0 Å². The molecule has 0 aromatic heterocycles. The standard InChI is InChI=1S/C12H17N3O4/c1-15(2)12(19)14-6-5-13-11(18)9-7-8(16)3-4-10(9)17/h3-4,7,16-17H,5-6H2,1-2H3,(H,13,18)(H,14,19). The summed E-state index contributed by atoms with van der Waals surface area (Å²) in [6.07, 6.45) is 0. The van der Waals surface area contributed by atoms with Crippen molar-refractivity contribution in [3.63, 3.8) is 0 Å². The van der Waals surface area contributed by atoms with Gasteiger partial charge in [-0.3, -0.25) is 4.79 Å². The van der Waals surface area contributed by atoms with Gasteiger partial charge in [-0.1, -0.05) is 0 Å². The Morgan fingerprint density at radius 3 is 2.42 bits per heavy atom. The number of nitrogens with zero attached hydrogens (tertiary/aromatic N) is 1. The summed E-state index contributed by atoms with van der Waals surface area (Å²) in [6, 6.07) is 3.43. The lowest BCUT2D eigenvalue weighted by molar-refractivity contribution is 0.0950. The fourth-order valence-electron chi connectivity index (χ4n) is 1.30. The van der Waals surface area contributed by atoms with Crippen molar-refractivity contribution in [2.45, 2.75) is 0 Å². The second-order valence-electron chi connectivity index (χ2n) is 4.08. The van der Waals surface area contributed by atoms with E-state index in [-0.39, 0.29) is 36.2 Å². The minimum absolute atomic E-state index is 0.0149. The van der Waals surface area contributed by atoms with E-state index < -0.39 is 5.91 Å².